The quantitative estimate of drug-likeness (QED) is 0.387. The summed E-state index contributed by atoms with van der Waals surface area (Å²) < 4.78 is 5.07. The van der Waals surface area contributed by atoms with Gasteiger partial charge in [-0.15, -0.1) is 0 Å². The number of amides is 2. The minimum absolute atomic E-state index is 0.124. The molecule has 2 N–H and O–H groups in total. The van der Waals surface area contributed by atoms with Gasteiger partial charge in [-0.2, -0.15) is 0 Å². The van der Waals surface area contributed by atoms with Gasteiger partial charge in [-0.25, -0.2) is 0 Å². The number of anilines is 2. The van der Waals surface area contributed by atoms with Crippen LogP contribution in [-0.2, 0) is 11.2 Å². The number of carbonyl (C=O) groups is 2. The van der Waals surface area contributed by atoms with Gasteiger partial charge in [-0.3, -0.25) is 9.59 Å². The standard InChI is InChI=1S/C28H39N3O3/c1-3-4-5-6-10-22-11-13-23(14-12-22)27(32)30-24-15-16-26(31-18-7-8-19-31)25(21-24)28(33)29-17-9-20-34-2/h11-16,21H,3-10,17-20H2,1-2H3,(H,29,33)(H,30,32). The van der Waals surface area contributed by atoms with E-state index in [0.29, 0.717) is 30.0 Å². The van der Waals surface area contributed by atoms with Gasteiger partial charge in [-0.05, 0) is 68.0 Å². The first-order valence-corrected chi connectivity index (χ1v) is 12.7. The predicted molar refractivity (Wildman–Crippen MR) is 139 cm³/mol. The molecular weight excluding hydrogens is 426 g/mol. The number of hydrogen-bond acceptors (Lipinski definition) is 4. The molecule has 0 unspecified atom stereocenters. The largest absolute Gasteiger partial charge is 0.385 e. The lowest BCUT2D eigenvalue weighted by atomic mass is 10.0. The second-order valence-corrected chi connectivity index (χ2v) is 8.99. The van der Waals surface area contributed by atoms with Crippen molar-refractivity contribution in [2.24, 2.45) is 0 Å². The zero-order valence-corrected chi connectivity index (χ0v) is 20.7. The maximum absolute atomic E-state index is 13.0. The molecule has 0 aromatic heterocycles. The van der Waals surface area contributed by atoms with E-state index < -0.39 is 0 Å². The van der Waals surface area contributed by atoms with E-state index in [2.05, 4.69) is 22.5 Å². The molecule has 0 bridgehead atoms. The SMILES string of the molecule is CCCCCCc1ccc(C(=O)Nc2ccc(N3CCCC3)c(C(=O)NCCCOC)c2)cc1. The van der Waals surface area contributed by atoms with Crippen molar-refractivity contribution in [3.05, 3.63) is 59.2 Å². The fourth-order valence-corrected chi connectivity index (χ4v) is 4.33. The number of rotatable bonds is 13. The molecule has 3 rings (SSSR count). The number of unbranched alkanes of at least 4 members (excludes halogenated alkanes) is 3. The number of nitrogens with zero attached hydrogens (tertiary/aromatic N) is 1. The number of carbonyl (C=O) groups excluding carboxylic acids is 2. The van der Waals surface area contributed by atoms with E-state index in [1.54, 1.807) is 13.2 Å². The van der Waals surface area contributed by atoms with Gasteiger partial charge in [0, 0.05) is 50.3 Å². The average Bonchev–Trinajstić information content (AvgIpc) is 3.39. The molecule has 6 nitrogen and oxygen atoms in total. The molecule has 0 radical (unpaired) electrons. The van der Waals surface area contributed by atoms with Gasteiger partial charge in [0.1, 0.15) is 0 Å². The Kier molecular flexibility index (Phi) is 10.4. The molecule has 0 spiro atoms. The lowest BCUT2D eigenvalue weighted by Crippen LogP contribution is -2.29. The topological polar surface area (TPSA) is 70.7 Å². The van der Waals surface area contributed by atoms with Crippen LogP contribution < -0.4 is 15.5 Å². The first-order chi connectivity index (χ1) is 16.6. The van der Waals surface area contributed by atoms with E-state index in [1.807, 2.05) is 36.4 Å². The molecule has 1 fully saturated rings. The molecule has 1 heterocycles. The van der Waals surface area contributed by atoms with Crippen LogP contribution in [0.3, 0.4) is 0 Å². The number of benzene rings is 2. The highest BCUT2D eigenvalue weighted by molar-refractivity contribution is 6.06. The van der Waals surface area contributed by atoms with E-state index in [4.69, 9.17) is 4.74 Å². The summed E-state index contributed by atoms with van der Waals surface area (Å²) in [6.07, 6.45) is 8.98. The second kappa shape index (κ2) is 13.8. The second-order valence-electron chi connectivity index (χ2n) is 8.99. The highest BCUT2D eigenvalue weighted by Crippen LogP contribution is 2.28. The third kappa shape index (κ3) is 7.59. The Morgan fingerprint density at radius 1 is 0.941 bits per heavy atom. The molecule has 1 aliphatic heterocycles. The number of nitrogens with one attached hydrogen (secondary N) is 2. The fourth-order valence-electron chi connectivity index (χ4n) is 4.33. The normalized spacial score (nSPS) is 13.2. The maximum Gasteiger partial charge on any atom is 0.255 e. The van der Waals surface area contributed by atoms with E-state index >= 15 is 0 Å². The van der Waals surface area contributed by atoms with Crippen molar-refractivity contribution in [2.45, 2.75) is 58.3 Å². The van der Waals surface area contributed by atoms with Crippen LogP contribution in [-0.4, -0.2) is 45.2 Å². The number of aryl methyl sites for hydroxylation is 1. The monoisotopic (exact) mass is 465 g/mol. The summed E-state index contributed by atoms with van der Waals surface area (Å²) in [6, 6.07) is 13.5. The summed E-state index contributed by atoms with van der Waals surface area (Å²) in [6.45, 7) is 5.26. The van der Waals surface area contributed by atoms with Crippen molar-refractivity contribution in [2.75, 3.05) is 43.6 Å². The third-order valence-electron chi connectivity index (χ3n) is 6.29. The Labute approximate surface area is 204 Å². The van der Waals surface area contributed by atoms with Crippen LogP contribution in [0.5, 0.6) is 0 Å². The van der Waals surface area contributed by atoms with Gasteiger partial charge in [-0.1, -0.05) is 38.3 Å². The van der Waals surface area contributed by atoms with E-state index in [9.17, 15) is 9.59 Å². The molecule has 0 saturated carbocycles. The number of hydrogen-bond donors (Lipinski definition) is 2. The Bertz CT molecular complexity index is 921. The first-order valence-electron chi connectivity index (χ1n) is 12.7. The molecule has 184 valence electrons. The summed E-state index contributed by atoms with van der Waals surface area (Å²) >= 11 is 0. The molecule has 2 amide bonds. The third-order valence-corrected chi connectivity index (χ3v) is 6.29. The van der Waals surface area contributed by atoms with Gasteiger partial charge in [0.2, 0.25) is 0 Å². The minimum Gasteiger partial charge on any atom is -0.385 e. The van der Waals surface area contributed by atoms with Crippen LogP contribution in [0.2, 0.25) is 0 Å². The Morgan fingerprint density at radius 2 is 1.71 bits per heavy atom. The fraction of sp³-hybridized carbons (Fsp3) is 0.500. The van der Waals surface area contributed by atoms with Crippen LogP contribution in [0.4, 0.5) is 11.4 Å². The molecular formula is C28H39N3O3. The zero-order valence-electron chi connectivity index (χ0n) is 20.7. The minimum atomic E-state index is -0.169. The molecule has 1 saturated heterocycles. The van der Waals surface area contributed by atoms with E-state index in [-0.39, 0.29) is 11.8 Å². The van der Waals surface area contributed by atoms with Crippen molar-refractivity contribution < 1.29 is 14.3 Å². The molecule has 2 aromatic carbocycles. The predicted octanol–water partition coefficient (Wildman–Crippen LogP) is 5.43. The lowest BCUT2D eigenvalue weighted by molar-refractivity contribution is 0.0947. The molecule has 34 heavy (non-hydrogen) atoms. The number of methoxy groups -OCH3 is 1. The smallest absolute Gasteiger partial charge is 0.255 e. The summed E-state index contributed by atoms with van der Waals surface area (Å²) in [4.78, 5) is 28.1. The molecule has 0 aliphatic carbocycles. The maximum atomic E-state index is 13.0. The van der Waals surface area contributed by atoms with E-state index in [0.717, 1.165) is 44.5 Å². The Hall–Kier alpha value is -2.86. The van der Waals surface area contributed by atoms with Gasteiger partial charge in [0.05, 0.1) is 5.56 Å². The summed E-state index contributed by atoms with van der Waals surface area (Å²) in [5, 5.41) is 5.95. The lowest BCUT2D eigenvalue weighted by Gasteiger charge is -2.22. The summed E-state index contributed by atoms with van der Waals surface area (Å²) in [5.41, 5.74) is 4.02. The molecule has 0 atom stereocenters. The first kappa shape index (κ1) is 25.8. The Balaban J connectivity index is 1.67. The number of ether oxygens (including phenoxy) is 1. The van der Waals surface area contributed by atoms with Crippen molar-refractivity contribution in [1.29, 1.82) is 0 Å². The van der Waals surface area contributed by atoms with E-state index in [1.165, 1.54) is 31.2 Å². The Morgan fingerprint density at radius 3 is 2.41 bits per heavy atom. The van der Waals surface area contributed by atoms with Crippen LogP contribution in [0, 0.1) is 0 Å². The van der Waals surface area contributed by atoms with Crippen LogP contribution in [0.15, 0.2) is 42.5 Å². The summed E-state index contributed by atoms with van der Waals surface area (Å²) in [5.74, 6) is -0.292. The van der Waals surface area contributed by atoms with Gasteiger partial charge < -0.3 is 20.3 Å². The summed E-state index contributed by atoms with van der Waals surface area (Å²) in [7, 11) is 1.65. The molecule has 1 aliphatic rings. The van der Waals surface area contributed by atoms with Crippen LogP contribution in [0.1, 0.15) is 78.1 Å². The molecule has 6 heteroatoms. The molecule has 2 aromatic rings. The van der Waals surface area contributed by atoms with Crippen molar-refractivity contribution >= 4 is 23.2 Å². The van der Waals surface area contributed by atoms with Gasteiger partial charge in [0.15, 0.2) is 0 Å². The highest BCUT2D eigenvalue weighted by atomic mass is 16.5. The van der Waals surface area contributed by atoms with Crippen LogP contribution in [0.25, 0.3) is 0 Å². The van der Waals surface area contributed by atoms with Gasteiger partial charge in [0.25, 0.3) is 11.8 Å². The zero-order chi connectivity index (χ0) is 24.2. The van der Waals surface area contributed by atoms with Crippen LogP contribution >= 0.6 is 0 Å². The van der Waals surface area contributed by atoms with Crippen molar-refractivity contribution in [3.8, 4) is 0 Å². The average molecular weight is 466 g/mol. The highest BCUT2D eigenvalue weighted by Gasteiger charge is 2.20. The van der Waals surface area contributed by atoms with Crippen molar-refractivity contribution in [1.82, 2.24) is 5.32 Å². The van der Waals surface area contributed by atoms with Crippen molar-refractivity contribution in [3.63, 3.8) is 0 Å². The van der Waals surface area contributed by atoms with Gasteiger partial charge >= 0.3 is 0 Å².